The van der Waals surface area contributed by atoms with Crippen LogP contribution in [0.4, 0.5) is 0 Å². The summed E-state index contributed by atoms with van der Waals surface area (Å²) in [5.74, 6) is -0.0483. The summed E-state index contributed by atoms with van der Waals surface area (Å²) in [7, 11) is -1.92. The van der Waals surface area contributed by atoms with Gasteiger partial charge in [0.1, 0.15) is 11.9 Å². The number of ether oxygens (including phenoxy) is 1. The Morgan fingerprint density at radius 2 is 1.93 bits per heavy atom. The zero-order valence-corrected chi connectivity index (χ0v) is 21.7. The molecular formula is C19H34INO4SSi. The maximum Gasteiger partial charge on any atom is 0.355 e. The number of esters is 1. The standard InChI is InChI=1S/C19H34INO4SSi/c1-11(2)10-24-18(23)15-13(9-20)26-17-14(16(22)21(15)17)12(3)25-27(7,8)19(4,5)6/h11-12,14,16-17,22H,9-10H2,1-8H3/t12-,14+,16?,17?/m1/s1. The van der Waals surface area contributed by atoms with Crippen molar-refractivity contribution in [1.29, 1.82) is 0 Å². The first-order chi connectivity index (χ1) is 12.3. The van der Waals surface area contributed by atoms with Gasteiger partial charge in [-0.25, -0.2) is 4.79 Å². The summed E-state index contributed by atoms with van der Waals surface area (Å²) in [6.07, 6.45) is -0.763. The molecule has 0 radical (unpaired) electrons. The van der Waals surface area contributed by atoms with Gasteiger partial charge in [-0.05, 0) is 31.0 Å². The van der Waals surface area contributed by atoms with Gasteiger partial charge in [-0.3, -0.25) is 0 Å². The van der Waals surface area contributed by atoms with Crippen LogP contribution < -0.4 is 0 Å². The quantitative estimate of drug-likeness (QED) is 0.227. The lowest BCUT2D eigenvalue weighted by Crippen LogP contribution is -2.65. The third kappa shape index (κ3) is 4.70. The van der Waals surface area contributed by atoms with E-state index in [0.717, 1.165) is 9.33 Å². The van der Waals surface area contributed by atoms with E-state index in [4.69, 9.17) is 9.16 Å². The molecule has 0 aromatic heterocycles. The third-order valence-electron chi connectivity index (χ3n) is 5.71. The molecule has 4 atom stereocenters. The number of hydrogen-bond donors (Lipinski definition) is 1. The molecule has 0 bridgehead atoms. The van der Waals surface area contributed by atoms with Crippen LogP contribution in [0.2, 0.25) is 18.1 Å². The summed E-state index contributed by atoms with van der Waals surface area (Å²) < 4.78 is 12.7. The summed E-state index contributed by atoms with van der Waals surface area (Å²) in [6, 6.07) is 0. The number of aliphatic hydroxyl groups is 1. The molecule has 2 rings (SSSR count). The Kier molecular flexibility index (Phi) is 7.43. The molecule has 2 heterocycles. The average molecular weight is 528 g/mol. The van der Waals surface area contributed by atoms with Gasteiger partial charge < -0.3 is 19.2 Å². The monoisotopic (exact) mass is 527 g/mol. The van der Waals surface area contributed by atoms with Crippen molar-refractivity contribution in [1.82, 2.24) is 4.90 Å². The maximum absolute atomic E-state index is 12.6. The molecule has 1 N–H and O–H groups in total. The first kappa shape index (κ1) is 23.5. The number of hydrogen-bond acceptors (Lipinski definition) is 6. The molecule has 0 amide bonds. The van der Waals surface area contributed by atoms with E-state index < -0.39 is 14.5 Å². The van der Waals surface area contributed by atoms with Crippen molar-refractivity contribution in [2.75, 3.05) is 11.0 Å². The highest BCUT2D eigenvalue weighted by Crippen LogP contribution is 2.54. The highest BCUT2D eigenvalue weighted by molar-refractivity contribution is 14.1. The SMILES string of the molecule is CC(C)COC(=O)C1=C(CI)SC2[C@@H]([C@@H](C)O[Si](C)(C)C(C)(C)C)C(O)N12. The summed E-state index contributed by atoms with van der Waals surface area (Å²) >= 11 is 3.95. The number of aliphatic hydroxyl groups excluding tert-OH is 1. The Morgan fingerprint density at radius 1 is 1.33 bits per heavy atom. The molecule has 27 heavy (non-hydrogen) atoms. The molecule has 2 aliphatic heterocycles. The largest absolute Gasteiger partial charge is 0.461 e. The van der Waals surface area contributed by atoms with Crippen LogP contribution >= 0.6 is 34.4 Å². The summed E-state index contributed by atoms with van der Waals surface area (Å²) in [5, 5.41) is 11.0. The van der Waals surface area contributed by atoms with Crippen molar-refractivity contribution < 1.29 is 19.1 Å². The van der Waals surface area contributed by atoms with Crippen LogP contribution in [0.15, 0.2) is 10.6 Å². The number of halogens is 1. The Hall–Kier alpha value is 0.227. The molecular weight excluding hydrogens is 493 g/mol. The van der Waals surface area contributed by atoms with Crippen LogP contribution in [-0.2, 0) is 14.0 Å². The predicted molar refractivity (Wildman–Crippen MR) is 122 cm³/mol. The van der Waals surface area contributed by atoms with E-state index in [1.165, 1.54) is 0 Å². The molecule has 0 saturated carbocycles. The highest BCUT2D eigenvalue weighted by Gasteiger charge is 2.58. The summed E-state index contributed by atoms with van der Waals surface area (Å²) in [5.41, 5.74) is 0.545. The van der Waals surface area contributed by atoms with Crippen molar-refractivity contribution >= 4 is 48.6 Å². The molecule has 1 fully saturated rings. The molecule has 8 heteroatoms. The average Bonchev–Trinajstić information content (AvgIpc) is 2.85. The number of fused-ring (bicyclic) bond motifs is 1. The van der Waals surface area contributed by atoms with Gasteiger partial charge in [-0.1, -0.05) is 57.2 Å². The smallest absolute Gasteiger partial charge is 0.355 e. The summed E-state index contributed by atoms with van der Waals surface area (Å²) in [6.45, 7) is 17.6. The van der Waals surface area contributed by atoms with Gasteiger partial charge in [-0.2, -0.15) is 0 Å². The van der Waals surface area contributed by atoms with Crippen molar-refractivity contribution in [3.8, 4) is 0 Å². The van der Waals surface area contributed by atoms with E-state index >= 15 is 0 Å². The van der Waals surface area contributed by atoms with Gasteiger partial charge >= 0.3 is 5.97 Å². The lowest BCUT2D eigenvalue weighted by molar-refractivity contribution is -0.168. The molecule has 1 saturated heterocycles. The number of nitrogens with zero attached hydrogens (tertiary/aromatic N) is 1. The highest BCUT2D eigenvalue weighted by atomic mass is 127. The minimum absolute atomic E-state index is 0.0162. The fraction of sp³-hybridized carbons (Fsp3) is 0.842. The number of carbonyl (C=O) groups is 1. The lowest BCUT2D eigenvalue weighted by Gasteiger charge is -2.53. The van der Waals surface area contributed by atoms with E-state index in [1.54, 1.807) is 11.8 Å². The fourth-order valence-electron chi connectivity index (χ4n) is 3.13. The normalized spacial score (nSPS) is 26.9. The van der Waals surface area contributed by atoms with Crippen molar-refractivity contribution in [3.63, 3.8) is 0 Å². The Bertz CT molecular complexity index is 605. The van der Waals surface area contributed by atoms with Crippen LogP contribution in [0, 0.1) is 11.8 Å². The van der Waals surface area contributed by atoms with Crippen LogP contribution in [0.25, 0.3) is 0 Å². The number of carbonyl (C=O) groups excluding carboxylic acids is 1. The van der Waals surface area contributed by atoms with E-state index in [1.807, 2.05) is 18.7 Å². The number of thioether (sulfide) groups is 1. The van der Waals surface area contributed by atoms with Crippen LogP contribution in [0.1, 0.15) is 41.5 Å². The Balaban J connectivity index is 2.11. The number of rotatable bonds is 7. The van der Waals surface area contributed by atoms with E-state index in [2.05, 4.69) is 63.4 Å². The zero-order chi connectivity index (χ0) is 20.7. The van der Waals surface area contributed by atoms with E-state index in [-0.39, 0.29) is 34.3 Å². The molecule has 0 aromatic carbocycles. The van der Waals surface area contributed by atoms with E-state index in [9.17, 15) is 9.90 Å². The van der Waals surface area contributed by atoms with Crippen LogP contribution in [-0.4, -0.2) is 53.0 Å². The van der Waals surface area contributed by atoms with Gasteiger partial charge in [0.25, 0.3) is 0 Å². The Morgan fingerprint density at radius 3 is 2.41 bits per heavy atom. The lowest BCUT2D eigenvalue weighted by atomic mass is 9.91. The van der Waals surface area contributed by atoms with Crippen molar-refractivity contribution in [3.05, 3.63) is 10.6 Å². The first-order valence-electron chi connectivity index (χ1n) is 9.59. The Labute approximate surface area is 182 Å². The second-order valence-corrected chi connectivity index (χ2v) is 16.1. The maximum atomic E-state index is 12.6. The third-order valence-corrected chi connectivity index (χ3v) is 13.0. The second kappa shape index (κ2) is 8.53. The zero-order valence-electron chi connectivity index (χ0n) is 17.7. The first-order valence-corrected chi connectivity index (χ1v) is 14.9. The molecule has 156 valence electrons. The molecule has 0 aromatic rings. The van der Waals surface area contributed by atoms with Crippen LogP contribution in [0.3, 0.4) is 0 Å². The second-order valence-electron chi connectivity index (χ2n) is 9.39. The molecule has 2 unspecified atom stereocenters. The fourth-order valence-corrected chi connectivity index (χ4v) is 6.98. The number of allylic oxidation sites excluding steroid dienone is 1. The van der Waals surface area contributed by atoms with Gasteiger partial charge in [0, 0.05) is 9.33 Å². The number of alkyl halides is 1. The van der Waals surface area contributed by atoms with Crippen molar-refractivity contribution in [2.24, 2.45) is 11.8 Å². The molecule has 0 spiro atoms. The van der Waals surface area contributed by atoms with Crippen molar-refractivity contribution in [2.45, 2.75) is 77.4 Å². The molecule has 5 nitrogen and oxygen atoms in total. The van der Waals surface area contributed by atoms with Gasteiger partial charge in [0.2, 0.25) is 0 Å². The van der Waals surface area contributed by atoms with E-state index in [0.29, 0.717) is 12.3 Å². The van der Waals surface area contributed by atoms with Gasteiger partial charge in [0.15, 0.2) is 8.32 Å². The minimum atomic E-state index is -1.92. The van der Waals surface area contributed by atoms with Gasteiger partial charge in [-0.15, -0.1) is 11.8 Å². The van der Waals surface area contributed by atoms with Gasteiger partial charge in [0.05, 0.1) is 24.0 Å². The summed E-state index contributed by atoms with van der Waals surface area (Å²) in [4.78, 5) is 15.4. The predicted octanol–water partition coefficient (Wildman–Crippen LogP) is 4.57. The molecule has 2 aliphatic rings. The molecule has 0 aliphatic carbocycles. The topological polar surface area (TPSA) is 59.0 Å². The minimum Gasteiger partial charge on any atom is -0.461 e. The van der Waals surface area contributed by atoms with Crippen LogP contribution in [0.5, 0.6) is 0 Å².